The van der Waals surface area contributed by atoms with Gasteiger partial charge in [0.2, 0.25) is 0 Å². The Morgan fingerprint density at radius 3 is 2.52 bits per heavy atom. The minimum absolute atomic E-state index is 0. The predicted octanol–water partition coefficient (Wildman–Crippen LogP) is 1.78. The van der Waals surface area contributed by atoms with Crippen LogP contribution in [-0.2, 0) is 4.79 Å². The van der Waals surface area contributed by atoms with Gasteiger partial charge in [0, 0.05) is 26.2 Å². The highest BCUT2D eigenvalue weighted by atomic mass is 35.5. The second-order valence-corrected chi connectivity index (χ2v) is 6.01. The molecule has 3 rings (SSSR count). The molecular formula is C16H23ClN2O2. The van der Waals surface area contributed by atoms with E-state index in [0.29, 0.717) is 11.8 Å². The van der Waals surface area contributed by atoms with Gasteiger partial charge < -0.3 is 15.0 Å². The van der Waals surface area contributed by atoms with Crippen molar-refractivity contribution < 1.29 is 9.53 Å². The monoisotopic (exact) mass is 310 g/mol. The molecule has 2 fully saturated rings. The van der Waals surface area contributed by atoms with E-state index in [-0.39, 0.29) is 24.9 Å². The molecule has 4 nitrogen and oxygen atoms in total. The van der Waals surface area contributed by atoms with Crippen molar-refractivity contribution in [3.63, 3.8) is 0 Å². The molecule has 2 aliphatic rings. The van der Waals surface area contributed by atoms with Crippen molar-refractivity contribution >= 4 is 18.3 Å². The topological polar surface area (TPSA) is 41.6 Å². The summed E-state index contributed by atoms with van der Waals surface area (Å²) < 4.78 is 5.63. The Hall–Kier alpha value is -1.26. The average molecular weight is 311 g/mol. The number of ether oxygens (including phenoxy) is 1. The molecule has 1 aromatic carbocycles. The smallest absolute Gasteiger partial charge is 0.260 e. The quantitative estimate of drug-likeness (QED) is 0.925. The number of carbonyl (C=O) groups excluding carboxylic acids is 1. The average Bonchev–Trinajstić information content (AvgIpc) is 3.00. The molecule has 0 radical (unpaired) electrons. The number of likely N-dealkylation sites (tertiary alicyclic amines) is 1. The summed E-state index contributed by atoms with van der Waals surface area (Å²) in [6.07, 6.45) is 0. The highest BCUT2D eigenvalue weighted by Crippen LogP contribution is 2.26. The number of nitrogens with zero attached hydrogens (tertiary/aromatic N) is 1. The van der Waals surface area contributed by atoms with E-state index in [4.69, 9.17) is 4.74 Å². The van der Waals surface area contributed by atoms with Gasteiger partial charge in [-0.25, -0.2) is 0 Å². The normalized spacial score (nSPS) is 23.6. The molecule has 2 saturated heterocycles. The van der Waals surface area contributed by atoms with Crippen LogP contribution in [0.3, 0.4) is 0 Å². The number of rotatable bonds is 3. The first kappa shape index (κ1) is 16.1. The van der Waals surface area contributed by atoms with Crippen LogP contribution in [0.4, 0.5) is 0 Å². The van der Waals surface area contributed by atoms with Gasteiger partial charge in [-0.1, -0.05) is 6.07 Å². The number of hydrogen-bond donors (Lipinski definition) is 1. The Labute approximate surface area is 132 Å². The first-order chi connectivity index (χ1) is 9.63. The summed E-state index contributed by atoms with van der Waals surface area (Å²) in [5.74, 6) is 2.17. The molecule has 2 atom stereocenters. The van der Waals surface area contributed by atoms with E-state index in [1.165, 1.54) is 11.1 Å². The maximum atomic E-state index is 12.2. The van der Waals surface area contributed by atoms with E-state index < -0.39 is 0 Å². The molecule has 0 aliphatic carbocycles. The zero-order valence-electron chi connectivity index (χ0n) is 12.6. The lowest BCUT2D eigenvalue weighted by molar-refractivity contribution is -0.132. The van der Waals surface area contributed by atoms with Crippen molar-refractivity contribution in [2.75, 3.05) is 32.8 Å². The minimum atomic E-state index is 0. The van der Waals surface area contributed by atoms with Crippen molar-refractivity contribution in [3.05, 3.63) is 29.3 Å². The molecule has 2 heterocycles. The number of amides is 1. The van der Waals surface area contributed by atoms with Crippen LogP contribution in [-0.4, -0.2) is 43.6 Å². The third-order valence-electron chi connectivity index (χ3n) is 4.58. The summed E-state index contributed by atoms with van der Waals surface area (Å²) in [5.41, 5.74) is 2.43. The van der Waals surface area contributed by atoms with Gasteiger partial charge in [-0.05, 0) is 48.9 Å². The van der Waals surface area contributed by atoms with Gasteiger partial charge in [0.25, 0.3) is 5.91 Å². The highest BCUT2D eigenvalue weighted by molar-refractivity contribution is 5.85. The van der Waals surface area contributed by atoms with Crippen LogP contribution in [0.5, 0.6) is 5.75 Å². The van der Waals surface area contributed by atoms with Crippen LogP contribution in [0.2, 0.25) is 0 Å². The van der Waals surface area contributed by atoms with Gasteiger partial charge in [0.05, 0.1) is 0 Å². The lowest BCUT2D eigenvalue weighted by Crippen LogP contribution is -2.35. The van der Waals surface area contributed by atoms with Crippen LogP contribution in [0.1, 0.15) is 11.1 Å². The number of halogens is 1. The standard InChI is InChI=1S/C16H22N2O2.ClH/c1-11-3-4-15(5-12(11)2)20-10-16(19)18-8-13-6-17-7-14(13)9-18;/h3-5,13-14,17H,6-10H2,1-2H3;1H/t13-,14+;. The number of aryl methyl sites for hydroxylation is 2. The number of benzene rings is 1. The molecule has 1 aromatic rings. The number of nitrogens with one attached hydrogen (secondary N) is 1. The molecule has 21 heavy (non-hydrogen) atoms. The van der Waals surface area contributed by atoms with E-state index >= 15 is 0 Å². The van der Waals surface area contributed by atoms with Crippen molar-refractivity contribution in [1.29, 1.82) is 0 Å². The predicted molar refractivity (Wildman–Crippen MR) is 85.1 cm³/mol. The highest BCUT2D eigenvalue weighted by Gasteiger charge is 2.37. The summed E-state index contributed by atoms with van der Waals surface area (Å²) in [7, 11) is 0. The van der Waals surface area contributed by atoms with E-state index in [2.05, 4.69) is 19.2 Å². The second kappa shape index (κ2) is 6.67. The van der Waals surface area contributed by atoms with Gasteiger partial charge in [0.15, 0.2) is 6.61 Å². The van der Waals surface area contributed by atoms with E-state index in [0.717, 1.165) is 31.9 Å². The van der Waals surface area contributed by atoms with Gasteiger partial charge in [-0.3, -0.25) is 4.79 Å². The van der Waals surface area contributed by atoms with Crippen molar-refractivity contribution in [1.82, 2.24) is 10.2 Å². The van der Waals surface area contributed by atoms with E-state index in [1.54, 1.807) is 0 Å². The fourth-order valence-corrected chi connectivity index (χ4v) is 3.10. The van der Waals surface area contributed by atoms with Gasteiger partial charge in [0.1, 0.15) is 5.75 Å². The van der Waals surface area contributed by atoms with Crippen LogP contribution >= 0.6 is 12.4 Å². The Kier molecular flexibility index (Phi) is 5.12. The Morgan fingerprint density at radius 1 is 1.24 bits per heavy atom. The lowest BCUT2D eigenvalue weighted by Gasteiger charge is -2.18. The molecule has 0 bridgehead atoms. The largest absolute Gasteiger partial charge is 0.484 e. The van der Waals surface area contributed by atoms with Gasteiger partial charge >= 0.3 is 0 Å². The molecule has 116 valence electrons. The van der Waals surface area contributed by atoms with Crippen molar-refractivity contribution in [2.24, 2.45) is 11.8 Å². The van der Waals surface area contributed by atoms with Crippen LogP contribution in [0.15, 0.2) is 18.2 Å². The Bertz CT molecular complexity index is 509. The van der Waals surface area contributed by atoms with Gasteiger partial charge in [-0.2, -0.15) is 0 Å². The minimum Gasteiger partial charge on any atom is -0.484 e. The summed E-state index contributed by atoms with van der Waals surface area (Å²) >= 11 is 0. The zero-order chi connectivity index (χ0) is 14.1. The number of fused-ring (bicyclic) bond motifs is 1. The lowest BCUT2D eigenvalue weighted by atomic mass is 10.0. The maximum absolute atomic E-state index is 12.2. The maximum Gasteiger partial charge on any atom is 0.260 e. The fraction of sp³-hybridized carbons (Fsp3) is 0.562. The second-order valence-electron chi connectivity index (χ2n) is 6.01. The van der Waals surface area contributed by atoms with E-state index in [1.807, 2.05) is 23.1 Å². The van der Waals surface area contributed by atoms with Crippen molar-refractivity contribution in [3.8, 4) is 5.75 Å². The number of hydrogen-bond acceptors (Lipinski definition) is 3. The zero-order valence-corrected chi connectivity index (χ0v) is 13.4. The summed E-state index contributed by atoms with van der Waals surface area (Å²) in [5, 5.41) is 3.38. The van der Waals surface area contributed by atoms with Gasteiger partial charge in [-0.15, -0.1) is 12.4 Å². The first-order valence-corrected chi connectivity index (χ1v) is 7.32. The number of carbonyl (C=O) groups is 1. The van der Waals surface area contributed by atoms with Crippen LogP contribution < -0.4 is 10.1 Å². The summed E-state index contributed by atoms with van der Waals surface area (Å²) in [6.45, 7) is 8.13. The molecular weight excluding hydrogens is 288 g/mol. The summed E-state index contributed by atoms with van der Waals surface area (Å²) in [6, 6.07) is 5.95. The molecule has 1 N–H and O–H groups in total. The summed E-state index contributed by atoms with van der Waals surface area (Å²) in [4.78, 5) is 14.1. The van der Waals surface area contributed by atoms with Crippen molar-refractivity contribution in [2.45, 2.75) is 13.8 Å². The molecule has 1 amide bonds. The van der Waals surface area contributed by atoms with E-state index in [9.17, 15) is 4.79 Å². The molecule has 5 heteroatoms. The molecule has 0 unspecified atom stereocenters. The molecule has 0 spiro atoms. The van der Waals surface area contributed by atoms with Crippen LogP contribution in [0.25, 0.3) is 0 Å². The Morgan fingerprint density at radius 2 is 1.90 bits per heavy atom. The Balaban J connectivity index is 0.00000161. The third-order valence-corrected chi connectivity index (χ3v) is 4.58. The molecule has 0 saturated carbocycles. The first-order valence-electron chi connectivity index (χ1n) is 7.32. The van der Waals surface area contributed by atoms with Crippen LogP contribution in [0, 0.1) is 25.7 Å². The fourth-order valence-electron chi connectivity index (χ4n) is 3.10. The molecule has 0 aromatic heterocycles. The SMILES string of the molecule is Cc1ccc(OCC(=O)N2C[C@H]3CNC[C@H]3C2)cc1C.Cl. The molecule has 2 aliphatic heterocycles. The third kappa shape index (κ3) is 3.50.